The van der Waals surface area contributed by atoms with Gasteiger partial charge in [0.15, 0.2) is 5.78 Å². The zero-order valence-corrected chi connectivity index (χ0v) is 18.6. The van der Waals surface area contributed by atoms with Crippen molar-refractivity contribution in [2.45, 2.75) is 27.2 Å². The van der Waals surface area contributed by atoms with E-state index in [1.54, 1.807) is 38.5 Å². The lowest BCUT2D eigenvalue weighted by molar-refractivity contribution is -0.219. The third-order valence-corrected chi connectivity index (χ3v) is 4.54. The van der Waals surface area contributed by atoms with E-state index >= 15 is 0 Å². The van der Waals surface area contributed by atoms with Crippen LogP contribution in [-0.2, 0) is 9.47 Å². The number of carbonyl (C=O) groups is 1. The van der Waals surface area contributed by atoms with E-state index in [4.69, 9.17) is 23.7 Å². The summed E-state index contributed by atoms with van der Waals surface area (Å²) in [5.41, 5.74) is 1.49. The first-order valence-electron chi connectivity index (χ1n) is 9.55. The Morgan fingerprint density at radius 2 is 1.40 bits per heavy atom. The minimum Gasteiger partial charge on any atom is -0.496 e. The third-order valence-electron chi connectivity index (χ3n) is 4.54. The first-order chi connectivity index (χ1) is 14.2. The molecule has 0 saturated heterocycles. The Bertz CT molecular complexity index is 851. The number of benzene rings is 2. The summed E-state index contributed by atoms with van der Waals surface area (Å²) >= 11 is 0. The molecule has 0 radical (unpaired) electrons. The van der Waals surface area contributed by atoms with Gasteiger partial charge in [0.1, 0.15) is 17.2 Å². The van der Waals surface area contributed by atoms with Gasteiger partial charge in [0, 0.05) is 25.4 Å². The summed E-state index contributed by atoms with van der Waals surface area (Å²) in [5, 5.41) is 0. The summed E-state index contributed by atoms with van der Waals surface area (Å²) in [6, 6.07) is 12.4. The van der Waals surface area contributed by atoms with Gasteiger partial charge in [-0.1, -0.05) is 26.8 Å². The van der Waals surface area contributed by atoms with Crippen LogP contribution in [0.4, 0.5) is 0 Å². The normalized spacial score (nSPS) is 12.1. The van der Waals surface area contributed by atoms with E-state index in [0.29, 0.717) is 28.4 Å². The van der Waals surface area contributed by atoms with Gasteiger partial charge in [-0.3, -0.25) is 4.79 Å². The van der Waals surface area contributed by atoms with E-state index in [9.17, 15) is 4.79 Å². The molecule has 0 bridgehead atoms. The Hall–Kier alpha value is -2.83. The van der Waals surface area contributed by atoms with Gasteiger partial charge in [-0.05, 0) is 47.9 Å². The van der Waals surface area contributed by atoms with Gasteiger partial charge in [0.2, 0.25) is 0 Å². The Kier molecular flexibility index (Phi) is 8.03. The lowest BCUT2D eigenvalue weighted by Crippen LogP contribution is -2.21. The van der Waals surface area contributed by atoms with Crippen molar-refractivity contribution in [3.8, 4) is 17.2 Å². The number of methoxy groups -OCH3 is 4. The van der Waals surface area contributed by atoms with E-state index in [1.807, 2.05) is 45.0 Å². The molecule has 6 heteroatoms. The van der Waals surface area contributed by atoms with E-state index in [2.05, 4.69) is 0 Å². The second kappa shape index (κ2) is 10.3. The Morgan fingerprint density at radius 1 is 0.867 bits per heavy atom. The van der Waals surface area contributed by atoms with Crippen molar-refractivity contribution in [1.82, 2.24) is 0 Å². The highest BCUT2D eigenvalue weighted by atomic mass is 16.8. The Labute approximate surface area is 178 Å². The molecule has 0 heterocycles. The number of rotatable bonds is 9. The molecule has 0 aromatic heterocycles. The largest absolute Gasteiger partial charge is 0.496 e. The molecule has 0 N–H and O–H groups in total. The smallest absolute Gasteiger partial charge is 0.315 e. The summed E-state index contributed by atoms with van der Waals surface area (Å²) in [5.74, 6) is 1.72. The quantitative estimate of drug-likeness (QED) is 0.328. The van der Waals surface area contributed by atoms with Gasteiger partial charge in [-0.2, -0.15) is 0 Å². The summed E-state index contributed by atoms with van der Waals surface area (Å²) in [6.45, 7) is 5.18. The molecule has 30 heavy (non-hydrogen) atoms. The summed E-state index contributed by atoms with van der Waals surface area (Å²) in [7, 11) is 6.16. The molecule has 6 nitrogen and oxygen atoms in total. The van der Waals surface area contributed by atoms with Gasteiger partial charge >= 0.3 is 6.48 Å². The predicted octanol–water partition coefficient (Wildman–Crippen LogP) is 4.97. The molecule has 0 saturated carbocycles. The van der Waals surface area contributed by atoms with Crippen molar-refractivity contribution in [3.05, 3.63) is 59.2 Å². The van der Waals surface area contributed by atoms with Crippen molar-refractivity contribution < 1.29 is 28.5 Å². The van der Waals surface area contributed by atoms with Crippen molar-refractivity contribution in [3.63, 3.8) is 0 Å². The topological polar surface area (TPSA) is 63.2 Å². The number of allylic oxidation sites excluding steroid dienone is 1. The number of ether oxygens (including phenoxy) is 5. The zero-order valence-electron chi connectivity index (χ0n) is 18.6. The lowest BCUT2D eigenvalue weighted by Gasteiger charge is -2.23. The fourth-order valence-electron chi connectivity index (χ4n) is 2.93. The van der Waals surface area contributed by atoms with Crippen LogP contribution in [0.1, 0.15) is 36.7 Å². The van der Waals surface area contributed by atoms with Crippen LogP contribution in [0.25, 0.3) is 6.08 Å². The summed E-state index contributed by atoms with van der Waals surface area (Å²) in [6.07, 6.45) is 1.84. The molecule has 0 aliphatic heterocycles. The van der Waals surface area contributed by atoms with Crippen LogP contribution in [0, 0.1) is 5.41 Å². The molecule has 2 aromatic rings. The summed E-state index contributed by atoms with van der Waals surface area (Å²) < 4.78 is 26.6. The van der Waals surface area contributed by atoms with E-state index in [1.165, 1.54) is 14.2 Å². The minimum absolute atomic E-state index is 0.0861. The number of ketones is 1. The maximum atomic E-state index is 13.4. The molecule has 0 unspecified atom stereocenters. The van der Waals surface area contributed by atoms with E-state index in [-0.39, 0.29) is 5.78 Å². The SMILES string of the molecule is COc1cccc(OC)c1C=C(C(=O)c1ccc(OC(OC)OC)cc1)C(C)(C)C. The molecule has 0 aliphatic carbocycles. The molecule has 0 aliphatic rings. The van der Waals surface area contributed by atoms with Crippen LogP contribution in [0.5, 0.6) is 17.2 Å². The average molecular weight is 414 g/mol. The number of hydrogen-bond donors (Lipinski definition) is 0. The average Bonchev–Trinajstić information content (AvgIpc) is 2.74. The van der Waals surface area contributed by atoms with Crippen LogP contribution in [0.3, 0.4) is 0 Å². The van der Waals surface area contributed by atoms with Crippen LogP contribution < -0.4 is 14.2 Å². The first-order valence-corrected chi connectivity index (χ1v) is 9.55. The molecule has 2 aromatic carbocycles. The monoisotopic (exact) mass is 414 g/mol. The van der Waals surface area contributed by atoms with Gasteiger partial charge in [0.05, 0.1) is 19.8 Å². The number of carbonyl (C=O) groups excluding carboxylic acids is 1. The lowest BCUT2D eigenvalue weighted by atomic mass is 9.80. The van der Waals surface area contributed by atoms with Crippen molar-refractivity contribution in [2.24, 2.45) is 5.41 Å². The highest BCUT2D eigenvalue weighted by Gasteiger charge is 2.26. The maximum absolute atomic E-state index is 13.4. The van der Waals surface area contributed by atoms with Crippen molar-refractivity contribution in [1.29, 1.82) is 0 Å². The van der Waals surface area contributed by atoms with Gasteiger partial charge in [-0.25, -0.2) is 0 Å². The molecule has 0 amide bonds. The zero-order chi connectivity index (χ0) is 22.3. The second-order valence-electron chi connectivity index (χ2n) is 7.62. The standard InChI is InChI=1S/C24H30O6/c1-24(2,3)19(15-18-20(26-4)9-8-10-21(18)27-5)22(25)16-11-13-17(14-12-16)30-23(28-6)29-7/h8-15,23H,1-7H3. The van der Waals surface area contributed by atoms with Gasteiger partial charge < -0.3 is 23.7 Å². The Balaban J connectivity index is 2.44. The fraction of sp³-hybridized carbons (Fsp3) is 0.375. The van der Waals surface area contributed by atoms with Crippen LogP contribution >= 0.6 is 0 Å². The van der Waals surface area contributed by atoms with Crippen molar-refractivity contribution >= 4 is 11.9 Å². The molecule has 162 valence electrons. The van der Waals surface area contributed by atoms with Crippen LogP contribution in [0.15, 0.2) is 48.0 Å². The predicted molar refractivity (Wildman–Crippen MR) is 116 cm³/mol. The highest BCUT2D eigenvalue weighted by Crippen LogP contribution is 2.36. The summed E-state index contributed by atoms with van der Waals surface area (Å²) in [4.78, 5) is 13.4. The first kappa shape index (κ1) is 23.4. The van der Waals surface area contributed by atoms with Gasteiger partial charge in [-0.15, -0.1) is 0 Å². The molecular formula is C24H30O6. The molecular weight excluding hydrogens is 384 g/mol. The number of Topliss-reactive ketones (excluding diaryl/α,β-unsaturated/α-hetero) is 1. The minimum atomic E-state index is -0.811. The third kappa shape index (κ3) is 5.62. The van der Waals surface area contributed by atoms with Crippen molar-refractivity contribution in [2.75, 3.05) is 28.4 Å². The van der Waals surface area contributed by atoms with Crippen LogP contribution in [0.2, 0.25) is 0 Å². The second-order valence-corrected chi connectivity index (χ2v) is 7.62. The molecule has 2 rings (SSSR count). The fourth-order valence-corrected chi connectivity index (χ4v) is 2.93. The van der Waals surface area contributed by atoms with Crippen LogP contribution in [-0.4, -0.2) is 40.7 Å². The maximum Gasteiger partial charge on any atom is 0.315 e. The van der Waals surface area contributed by atoms with Gasteiger partial charge in [0.25, 0.3) is 0 Å². The molecule has 0 atom stereocenters. The number of hydrogen-bond acceptors (Lipinski definition) is 6. The Morgan fingerprint density at radius 3 is 1.83 bits per heavy atom. The highest BCUT2D eigenvalue weighted by molar-refractivity contribution is 6.12. The van der Waals surface area contributed by atoms with E-state index in [0.717, 1.165) is 5.56 Å². The molecule has 0 fully saturated rings. The molecule has 0 spiro atoms. The van der Waals surface area contributed by atoms with E-state index < -0.39 is 11.9 Å².